The van der Waals surface area contributed by atoms with Crippen LogP contribution in [0.3, 0.4) is 0 Å². The molecule has 9 nitrogen and oxygen atoms in total. The van der Waals surface area contributed by atoms with Crippen molar-refractivity contribution in [3.8, 4) is 6.07 Å². The quantitative estimate of drug-likeness (QED) is 0.589. The Morgan fingerprint density at radius 3 is 2.27 bits per heavy atom. The molecule has 166 valence electrons. The lowest BCUT2D eigenvalue weighted by Gasteiger charge is -2.38. The molecule has 1 aromatic rings. The Kier molecular flexibility index (Phi) is 8.18. The zero-order chi connectivity index (χ0) is 22.5. The number of sulfonamides is 1. The maximum Gasteiger partial charge on any atom is 0.251 e. The first-order valence-corrected chi connectivity index (χ1v) is 11.7. The minimum atomic E-state index is -3.72. The number of nitriles is 1. The van der Waals surface area contributed by atoms with Gasteiger partial charge in [0.05, 0.1) is 11.0 Å². The van der Waals surface area contributed by atoms with Crippen LogP contribution in [0, 0.1) is 17.2 Å². The predicted octanol–water partition coefficient (Wildman–Crippen LogP) is 0.571. The Labute approximate surface area is 178 Å². The lowest BCUT2D eigenvalue weighted by Crippen LogP contribution is -2.53. The van der Waals surface area contributed by atoms with Crippen molar-refractivity contribution in [2.24, 2.45) is 5.92 Å². The molecule has 1 aliphatic rings. The fourth-order valence-corrected chi connectivity index (χ4v) is 5.12. The molecule has 1 aromatic heterocycles. The molecule has 0 radical (unpaired) electrons. The van der Waals surface area contributed by atoms with Gasteiger partial charge in [0.15, 0.2) is 0 Å². The molecule has 30 heavy (non-hydrogen) atoms. The third-order valence-electron chi connectivity index (χ3n) is 5.43. The van der Waals surface area contributed by atoms with Crippen LogP contribution in [0.5, 0.6) is 0 Å². The Hall–Kier alpha value is -2.22. The van der Waals surface area contributed by atoms with Gasteiger partial charge in [0, 0.05) is 51.5 Å². The molecule has 0 N–H and O–H groups in total. The van der Waals surface area contributed by atoms with Crippen LogP contribution in [0.2, 0.25) is 0 Å². The fraction of sp³-hybridized carbons (Fsp3) is 0.650. The second-order valence-corrected chi connectivity index (χ2v) is 9.59. The van der Waals surface area contributed by atoms with E-state index in [9.17, 15) is 23.3 Å². The van der Waals surface area contributed by atoms with Gasteiger partial charge in [-0.25, -0.2) is 8.42 Å². The average Bonchev–Trinajstić information content (AvgIpc) is 2.71. The SMILES string of the molecule is CCN(CC)S(=O)(=O)c1ccc(=O)n(CC(=O)N2CCN(C(C#N)C(C)C)CC2)c1. The standard InChI is InChI=1S/C20H31N5O4S/c1-5-25(6-2)30(28,29)17-7-8-19(26)24(14-17)15-20(27)23-11-9-22(10-12-23)18(13-21)16(3)4/h7-8,14,16,18H,5-6,9-12,15H2,1-4H3. The van der Waals surface area contributed by atoms with Crippen LogP contribution < -0.4 is 5.56 Å². The third-order valence-corrected chi connectivity index (χ3v) is 7.46. The Morgan fingerprint density at radius 2 is 1.77 bits per heavy atom. The molecule has 1 amide bonds. The van der Waals surface area contributed by atoms with Crippen LogP contribution in [0.4, 0.5) is 0 Å². The summed E-state index contributed by atoms with van der Waals surface area (Å²) in [6.07, 6.45) is 1.24. The largest absolute Gasteiger partial charge is 0.339 e. The van der Waals surface area contributed by atoms with Crippen molar-refractivity contribution in [2.45, 2.75) is 45.2 Å². The maximum absolute atomic E-state index is 12.7. The van der Waals surface area contributed by atoms with Gasteiger partial charge in [-0.1, -0.05) is 27.7 Å². The summed E-state index contributed by atoms with van der Waals surface area (Å²) in [5.41, 5.74) is -0.426. The van der Waals surface area contributed by atoms with E-state index in [0.29, 0.717) is 39.3 Å². The van der Waals surface area contributed by atoms with Gasteiger partial charge in [-0.05, 0) is 12.0 Å². The second-order valence-electron chi connectivity index (χ2n) is 7.65. The summed E-state index contributed by atoms with van der Waals surface area (Å²) < 4.78 is 27.9. The van der Waals surface area contributed by atoms with E-state index in [1.54, 1.807) is 18.7 Å². The van der Waals surface area contributed by atoms with Crippen molar-refractivity contribution < 1.29 is 13.2 Å². The highest BCUT2D eigenvalue weighted by molar-refractivity contribution is 7.89. The fourth-order valence-electron chi connectivity index (χ4n) is 3.65. The average molecular weight is 438 g/mol. The van der Waals surface area contributed by atoms with Gasteiger partial charge in [0.1, 0.15) is 12.6 Å². The summed E-state index contributed by atoms with van der Waals surface area (Å²) >= 11 is 0. The molecule has 0 bridgehead atoms. The highest BCUT2D eigenvalue weighted by Crippen LogP contribution is 2.15. The molecular formula is C20H31N5O4S. The van der Waals surface area contributed by atoms with E-state index in [0.717, 1.165) is 4.57 Å². The molecule has 1 unspecified atom stereocenters. The van der Waals surface area contributed by atoms with E-state index in [1.807, 2.05) is 13.8 Å². The van der Waals surface area contributed by atoms with Crippen molar-refractivity contribution in [1.29, 1.82) is 5.26 Å². The summed E-state index contributed by atoms with van der Waals surface area (Å²) in [7, 11) is -3.72. The Balaban J connectivity index is 2.11. The van der Waals surface area contributed by atoms with Gasteiger partial charge in [0.25, 0.3) is 5.56 Å². The highest BCUT2D eigenvalue weighted by Gasteiger charge is 2.28. The molecule has 2 rings (SSSR count). The molecule has 0 spiro atoms. The second kappa shape index (κ2) is 10.2. The summed E-state index contributed by atoms with van der Waals surface area (Å²) in [5, 5.41) is 9.35. The minimum Gasteiger partial charge on any atom is -0.339 e. The van der Waals surface area contributed by atoms with E-state index in [4.69, 9.17) is 0 Å². The van der Waals surface area contributed by atoms with Crippen LogP contribution >= 0.6 is 0 Å². The van der Waals surface area contributed by atoms with Crippen LogP contribution in [-0.4, -0.2) is 78.3 Å². The monoisotopic (exact) mass is 437 g/mol. The lowest BCUT2D eigenvalue weighted by molar-refractivity contribution is -0.133. The van der Waals surface area contributed by atoms with Crippen molar-refractivity contribution in [3.05, 3.63) is 28.7 Å². The van der Waals surface area contributed by atoms with Crippen LogP contribution in [0.15, 0.2) is 28.0 Å². The van der Waals surface area contributed by atoms with Crippen LogP contribution in [0.1, 0.15) is 27.7 Å². The molecular weight excluding hydrogens is 406 g/mol. The van der Waals surface area contributed by atoms with E-state index in [1.165, 1.54) is 22.6 Å². The van der Waals surface area contributed by atoms with Crippen LogP contribution in [0.25, 0.3) is 0 Å². The van der Waals surface area contributed by atoms with Crippen LogP contribution in [-0.2, 0) is 21.4 Å². The molecule has 10 heteroatoms. The van der Waals surface area contributed by atoms with Gasteiger partial charge in [-0.2, -0.15) is 9.57 Å². The zero-order valence-corrected chi connectivity index (χ0v) is 18.9. The summed E-state index contributed by atoms with van der Waals surface area (Å²) in [5.74, 6) is -0.0430. The highest BCUT2D eigenvalue weighted by atomic mass is 32.2. The molecule has 1 aliphatic heterocycles. The summed E-state index contributed by atoms with van der Waals surface area (Å²) in [6, 6.07) is 4.59. The number of hydrogen-bond acceptors (Lipinski definition) is 6. The molecule has 0 aromatic carbocycles. The van der Waals surface area contributed by atoms with Crippen molar-refractivity contribution in [2.75, 3.05) is 39.3 Å². The predicted molar refractivity (Wildman–Crippen MR) is 113 cm³/mol. The first-order chi connectivity index (χ1) is 14.1. The first-order valence-electron chi connectivity index (χ1n) is 10.3. The lowest BCUT2D eigenvalue weighted by atomic mass is 10.0. The molecule has 0 saturated carbocycles. The number of carbonyl (C=O) groups excluding carboxylic acids is 1. The van der Waals surface area contributed by atoms with Gasteiger partial charge in [-0.15, -0.1) is 0 Å². The number of piperazine rings is 1. The van der Waals surface area contributed by atoms with Gasteiger partial charge in [-0.3, -0.25) is 14.5 Å². The number of hydrogen-bond donors (Lipinski definition) is 0. The minimum absolute atomic E-state index is 0.00258. The number of amides is 1. The van der Waals surface area contributed by atoms with E-state index in [-0.39, 0.29) is 29.3 Å². The number of nitrogens with zero attached hydrogens (tertiary/aromatic N) is 5. The molecule has 1 atom stereocenters. The van der Waals surface area contributed by atoms with Gasteiger partial charge in [0.2, 0.25) is 15.9 Å². The summed E-state index contributed by atoms with van der Waals surface area (Å²) in [6.45, 7) is 10.0. The Bertz CT molecular complexity index is 939. The number of aromatic nitrogens is 1. The smallest absolute Gasteiger partial charge is 0.251 e. The Morgan fingerprint density at radius 1 is 1.17 bits per heavy atom. The van der Waals surface area contributed by atoms with E-state index < -0.39 is 15.6 Å². The van der Waals surface area contributed by atoms with Crippen molar-refractivity contribution in [3.63, 3.8) is 0 Å². The molecule has 1 saturated heterocycles. The summed E-state index contributed by atoms with van der Waals surface area (Å²) in [4.78, 5) is 28.7. The van der Waals surface area contributed by atoms with Gasteiger partial charge >= 0.3 is 0 Å². The number of rotatable bonds is 8. The third kappa shape index (κ3) is 5.28. The van der Waals surface area contributed by atoms with Crippen molar-refractivity contribution in [1.82, 2.24) is 18.7 Å². The first kappa shape index (κ1) is 24.1. The zero-order valence-electron chi connectivity index (χ0n) is 18.1. The maximum atomic E-state index is 12.7. The van der Waals surface area contributed by atoms with Crippen molar-refractivity contribution >= 4 is 15.9 Å². The normalized spacial score (nSPS) is 16.6. The molecule has 1 fully saturated rings. The van der Waals surface area contributed by atoms with E-state index in [2.05, 4.69) is 11.0 Å². The molecule has 2 heterocycles. The number of carbonyl (C=O) groups is 1. The van der Waals surface area contributed by atoms with E-state index >= 15 is 0 Å². The number of pyridine rings is 1. The topological polar surface area (TPSA) is 107 Å². The van der Waals surface area contributed by atoms with Gasteiger partial charge < -0.3 is 9.47 Å². The molecule has 0 aliphatic carbocycles.